The molecule has 0 aliphatic carbocycles. The molecule has 29 heavy (non-hydrogen) atoms. The molecule has 0 fully saturated rings. The second-order valence-corrected chi connectivity index (χ2v) is 8.28. The molecule has 2 aromatic carbocycles. The largest absolute Gasteiger partial charge is 0.497 e. The van der Waals surface area contributed by atoms with Crippen LogP contribution in [-0.4, -0.2) is 23.5 Å². The highest BCUT2D eigenvalue weighted by molar-refractivity contribution is 7.99. The van der Waals surface area contributed by atoms with Crippen molar-refractivity contribution in [2.45, 2.75) is 42.7 Å². The number of benzene rings is 2. The molecule has 1 aromatic heterocycles. The molecule has 0 bridgehead atoms. The first-order chi connectivity index (χ1) is 14.2. The maximum Gasteiger partial charge on any atom is 0.231 e. The fraction of sp³-hybridized carbons (Fsp3) is 0.318. The second-order valence-electron chi connectivity index (χ2n) is 6.78. The normalized spacial score (nSPS) is 12.4. The lowest BCUT2D eigenvalue weighted by Crippen LogP contribution is -2.07. The topological polar surface area (TPSA) is 45.5 Å². The summed E-state index contributed by atoms with van der Waals surface area (Å²) in [6.45, 7) is 3.06. The average Bonchev–Trinajstić information content (AvgIpc) is 3.34. The number of aromatic nitrogens is 2. The minimum absolute atomic E-state index is 0.237. The van der Waals surface area contributed by atoms with Crippen LogP contribution in [0.25, 0.3) is 0 Å². The van der Waals surface area contributed by atoms with E-state index in [-0.39, 0.29) is 6.79 Å². The van der Waals surface area contributed by atoms with Crippen molar-refractivity contribution in [3.05, 3.63) is 59.0 Å². The highest BCUT2D eigenvalue weighted by Crippen LogP contribution is 2.38. The fourth-order valence-corrected chi connectivity index (χ4v) is 4.31. The summed E-state index contributed by atoms with van der Waals surface area (Å²) in [6, 6.07) is 11.8. The third-order valence-corrected chi connectivity index (χ3v) is 6.20. The van der Waals surface area contributed by atoms with E-state index in [1.165, 1.54) is 0 Å². The van der Waals surface area contributed by atoms with Gasteiger partial charge >= 0.3 is 0 Å². The van der Waals surface area contributed by atoms with Crippen LogP contribution in [0, 0.1) is 0 Å². The van der Waals surface area contributed by atoms with Gasteiger partial charge in [-0.1, -0.05) is 36.7 Å². The zero-order valence-electron chi connectivity index (χ0n) is 16.5. The van der Waals surface area contributed by atoms with Crippen LogP contribution in [0.15, 0.2) is 52.5 Å². The number of unbranched alkanes of at least 4 members (excludes halogenated alkanes) is 1. The molecule has 0 saturated carbocycles. The maximum absolute atomic E-state index is 6.54. The van der Waals surface area contributed by atoms with Gasteiger partial charge in [0.2, 0.25) is 6.79 Å². The predicted octanol–water partition coefficient (Wildman–Crippen LogP) is 5.82. The number of rotatable bonds is 8. The van der Waals surface area contributed by atoms with Crippen LogP contribution in [0.4, 0.5) is 0 Å². The Morgan fingerprint density at radius 1 is 1.17 bits per heavy atom. The number of halogens is 1. The van der Waals surface area contributed by atoms with Gasteiger partial charge in [-0.3, -0.25) is 0 Å². The van der Waals surface area contributed by atoms with Crippen molar-refractivity contribution in [2.24, 2.45) is 0 Å². The number of nitrogens with zero attached hydrogens (tertiary/aromatic N) is 2. The number of ether oxygens (including phenoxy) is 3. The summed E-state index contributed by atoms with van der Waals surface area (Å²) < 4.78 is 18.5. The second kappa shape index (κ2) is 9.01. The standard InChI is InChI=1S/C22H23ClN2O3S/c1-3-4-5-21-24-12-22(29-17-8-6-16(26-2)7-9-17)25(21)13-15-10-19-20(11-18(15)23)28-14-27-19/h6-12H,3-5,13-14H2,1-2H3. The summed E-state index contributed by atoms with van der Waals surface area (Å²) in [5.74, 6) is 3.35. The molecule has 3 aromatic rings. The molecular formula is C22H23ClN2O3S. The average molecular weight is 431 g/mol. The number of hydrogen-bond acceptors (Lipinski definition) is 5. The van der Waals surface area contributed by atoms with Crippen molar-refractivity contribution in [1.29, 1.82) is 0 Å². The van der Waals surface area contributed by atoms with Crippen molar-refractivity contribution in [3.63, 3.8) is 0 Å². The highest BCUT2D eigenvalue weighted by Gasteiger charge is 2.19. The zero-order chi connectivity index (χ0) is 20.2. The molecule has 0 N–H and O–H groups in total. The van der Waals surface area contributed by atoms with Gasteiger partial charge in [0.05, 0.1) is 24.9 Å². The van der Waals surface area contributed by atoms with Gasteiger partial charge in [-0.25, -0.2) is 4.98 Å². The SMILES string of the molecule is CCCCc1ncc(Sc2ccc(OC)cc2)n1Cc1cc2c(cc1Cl)OCO2. The summed E-state index contributed by atoms with van der Waals surface area (Å²) in [7, 11) is 1.67. The Bertz CT molecular complexity index is 988. The Hall–Kier alpha value is -2.31. The first-order valence-electron chi connectivity index (χ1n) is 9.62. The third kappa shape index (κ3) is 4.49. The van der Waals surface area contributed by atoms with E-state index < -0.39 is 0 Å². The number of imidazole rings is 1. The van der Waals surface area contributed by atoms with Crippen LogP contribution in [0.5, 0.6) is 17.2 Å². The molecule has 7 heteroatoms. The predicted molar refractivity (Wildman–Crippen MR) is 115 cm³/mol. The van der Waals surface area contributed by atoms with Gasteiger partial charge in [0.1, 0.15) is 11.6 Å². The van der Waals surface area contributed by atoms with E-state index in [0.717, 1.165) is 52.1 Å². The molecule has 0 unspecified atom stereocenters. The van der Waals surface area contributed by atoms with Crippen LogP contribution < -0.4 is 14.2 Å². The quantitative estimate of drug-likeness (QED) is 0.450. The lowest BCUT2D eigenvalue weighted by atomic mass is 10.2. The Morgan fingerprint density at radius 3 is 2.66 bits per heavy atom. The van der Waals surface area contributed by atoms with Gasteiger partial charge in [0, 0.05) is 22.4 Å². The molecule has 0 saturated heterocycles. The molecular weight excluding hydrogens is 408 g/mol. The molecule has 1 aliphatic rings. The fourth-order valence-electron chi connectivity index (χ4n) is 3.20. The molecule has 152 valence electrons. The minimum atomic E-state index is 0.237. The molecule has 0 amide bonds. The van der Waals surface area contributed by atoms with Crippen LogP contribution in [0.1, 0.15) is 31.2 Å². The molecule has 0 radical (unpaired) electrons. The van der Waals surface area contributed by atoms with Crippen molar-refractivity contribution in [3.8, 4) is 17.2 Å². The van der Waals surface area contributed by atoms with E-state index in [1.54, 1.807) is 18.9 Å². The van der Waals surface area contributed by atoms with Crippen molar-refractivity contribution in [1.82, 2.24) is 9.55 Å². The van der Waals surface area contributed by atoms with Gasteiger partial charge in [-0.15, -0.1) is 0 Å². The first-order valence-corrected chi connectivity index (χ1v) is 10.8. The molecule has 0 spiro atoms. The summed E-state index contributed by atoms with van der Waals surface area (Å²) in [4.78, 5) is 5.83. The molecule has 1 aliphatic heterocycles. The first kappa shape index (κ1) is 20.0. The third-order valence-electron chi connectivity index (χ3n) is 4.81. The number of aryl methyl sites for hydroxylation is 1. The van der Waals surface area contributed by atoms with E-state index in [1.807, 2.05) is 30.5 Å². The van der Waals surface area contributed by atoms with E-state index in [0.29, 0.717) is 17.3 Å². The van der Waals surface area contributed by atoms with E-state index >= 15 is 0 Å². The highest BCUT2D eigenvalue weighted by atomic mass is 35.5. The smallest absolute Gasteiger partial charge is 0.231 e. The molecule has 4 rings (SSSR count). The maximum atomic E-state index is 6.54. The van der Waals surface area contributed by atoms with Crippen molar-refractivity contribution < 1.29 is 14.2 Å². The summed E-state index contributed by atoms with van der Waals surface area (Å²) >= 11 is 8.22. The Kier molecular flexibility index (Phi) is 6.21. The summed E-state index contributed by atoms with van der Waals surface area (Å²) in [6.07, 6.45) is 5.10. The molecule has 0 atom stereocenters. The summed E-state index contributed by atoms with van der Waals surface area (Å²) in [5.41, 5.74) is 0.989. The van der Waals surface area contributed by atoms with Crippen LogP contribution >= 0.6 is 23.4 Å². The van der Waals surface area contributed by atoms with Crippen LogP contribution in [0.3, 0.4) is 0 Å². The van der Waals surface area contributed by atoms with E-state index in [4.69, 9.17) is 30.8 Å². The van der Waals surface area contributed by atoms with Gasteiger partial charge in [0.15, 0.2) is 11.5 Å². The van der Waals surface area contributed by atoms with Gasteiger partial charge in [0.25, 0.3) is 0 Å². The summed E-state index contributed by atoms with van der Waals surface area (Å²) in [5, 5.41) is 1.75. The Labute approximate surface area is 180 Å². The molecule has 2 heterocycles. The zero-order valence-corrected chi connectivity index (χ0v) is 18.1. The van der Waals surface area contributed by atoms with E-state index in [2.05, 4.69) is 23.6 Å². The van der Waals surface area contributed by atoms with Crippen molar-refractivity contribution >= 4 is 23.4 Å². The molecule has 5 nitrogen and oxygen atoms in total. The number of methoxy groups -OCH3 is 1. The van der Waals surface area contributed by atoms with Crippen molar-refractivity contribution in [2.75, 3.05) is 13.9 Å². The number of fused-ring (bicyclic) bond motifs is 1. The Balaban J connectivity index is 1.64. The van der Waals surface area contributed by atoms with E-state index in [9.17, 15) is 0 Å². The lowest BCUT2D eigenvalue weighted by molar-refractivity contribution is 0.174. The Morgan fingerprint density at radius 2 is 1.93 bits per heavy atom. The lowest BCUT2D eigenvalue weighted by Gasteiger charge is -2.14. The van der Waals surface area contributed by atoms with Crippen LogP contribution in [-0.2, 0) is 13.0 Å². The number of hydrogen-bond donors (Lipinski definition) is 0. The minimum Gasteiger partial charge on any atom is -0.497 e. The monoisotopic (exact) mass is 430 g/mol. The van der Waals surface area contributed by atoms with Gasteiger partial charge in [-0.2, -0.15) is 0 Å². The van der Waals surface area contributed by atoms with Crippen LogP contribution in [0.2, 0.25) is 5.02 Å². The van der Waals surface area contributed by atoms with Gasteiger partial charge < -0.3 is 18.8 Å². The van der Waals surface area contributed by atoms with Gasteiger partial charge in [-0.05, 0) is 42.3 Å².